The minimum atomic E-state index is -0.712. The van der Waals surface area contributed by atoms with Crippen molar-refractivity contribution in [3.05, 3.63) is 59.1 Å². The van der Waals surface area contributed by atoms with Gasteiger partial charge in [-0.1, -0.05) is 25.1 Å². The molecule has 1 aliphatic heterocycles. The zero-order valence-corrected chi connectivity index (χ0v) is 21.2. The van der Waals surface area contributed by atoms with Crippen LogP contribution in [0.1, 0.15) is 58.2 Å². The van der Waals surface area contributed by atoms with Crippen molar-refractivity contribution in [2.75, 3.05) is 6.61 Å². The van der Waals surface area contributed by atoms with Crippen molar-refractivity contribution in [2.45, 2.75) is 72.2 Å². The van der Waals surface area contributed by atoms with Gasteiger partial charge in [0.1, 0.15) is 17.9 Å². The van der Waals surface area contributed by atoms with E-state index in [9.17, 15) is 9.18 Å². The van der Waals surface area contributed by atoms with Gasteiger partial charge in [0.25, 0.3) is 6.01 Å². The Morgan fingerprint density at radius 3 is 2.37 bits per heavy atom. The summed E-state index contributed by atoms with van der Waals surface area (Å²) in [6.45, 7) is 12.2. The number of hydrogen-bond donors (Lipinski definition) is 0. The van der Waals surface area contributed by atoms with Gasteiger partial charge in [-0.2, -0.15) is 4.39 Å². The second-order valence-electron chi connectivity index (χ2n) is 9.81. The monoisotopic (exact) mass is 482 g/mol. The number of furan rings is 1. The molecule has 0 bridgehead atoms. The van der Waals surface area contributed by atoms with Crippen molar-refractivity contribution in [3.8, 4) is 5.75 Å². The molecule has 0 amide bonds. The average Bonchev–Trinajstić information content (AvgIpc) is 3.26. The Kier molecular flexibility index (Phi) is 6.98. The fourth-order valence-electron chi connectivity index (χ4n) is 4.07. The van der Waals surface area contributed by atoms with Crippen LogP contribution < -0.4 is 10.2 Å². The number of carbonyl (C=O) groups excluding carboxylic acids is 1. The summed E-state index contributed by atoms with van der Waals surface area (Å²) in [5, 5.41) is 0.599. The molecule has 3 aromatic rings. The highest BCUT2D eigenvalue weighted by Gasteiger charge is 2.52. The molecule has 186 valence electrons. The lowest BCUT2D eigenvalue weighted by Gasteiger charge is -2.32. The van der Waals surface area contributed by atoms with E-state index in [1.165, 1.54) is 6.07 Å². The number of aryl methyl sites for hydroxylation is 1. The van der Waals surface area contributed by atoms with Gasteiger partial charge >= 0.3 is 13.1 Å². The van der Waals surface area contributed by atoms with Crippen molar-refractivity contribution in [1.82, 2.24) is 0 Å². The van der Waals surface area contributed by atoms with Gasteiger partial charge in [0.2, 0.25) is 0 Å². The summed E-state index contributed by atoms with van der Waals surface area (Å²) in [6.07, 6.45) is 0.959. The van der Waals surface area contributed by atoms with Crippen LogP contribution in [0.3, 0.4) is 0 Å². The molecule has 35 heavy (non-hydrogen) atoms. The smallest absolute Gasteiger partial charge is 0.489 e. The normalized spacial score (nSPS) is 16.6. The topological polar surface area (TPSA) is 67.1 Å². The molecule has 1 saturated heterocycles. The van der Waals surface area contributed by atoms with Crippen molar-refractivity contribution in [3.63, 3.8) is 0 Å². The highest BCUT2D eigenvalue weighted by Crippen LogP contribution is 2.37. The van der Waals surface area contributed by atoms with Crippen molar-refractivity contribution in [1.29, 1.82) is 0 Å². The number of hydrogen-bond acceptors (Lipinski definition) is 6. The van der Waals surface area contributed by atoms with E-state index >= 15 is 0 Å². The van der Waals surface area contributed by atoms with E-state index in [0.717, 1.165) is 23.1 Å². The molecule has 2 heterocycles. The number of ether oxygens (including phenoxy) is 2. The quantitative estimate of drug-likeness (QED) is 0.328. The Bertz CT molecular complexity index is 1220. The predicted octanol–water partition coefficient (Wildman–Crippen LogP) is 5.12. The van der Waals surface area contributed by atoms with Crippen LogP contribution in [0.15, 0.2) is 40.8 Å². The maximum atomic E-state index is 14.1. The lowest BCUT2D eigenvalue weighted by atomic mass is 9.77. The summed E-state index contributed by atoms with van der Waals surface area (Å²) in [5.41, 5.74) is 2.54. The van der Waals surface area contributed by atoms with Gasteiger partial charge in [0.15, 0.2) is 0 Å². The number of rotatable bonds is 8. The third-order valence-corrected chi connectivity index (χ3v) is 6.76. The zero-order valence-electron chi connectivity index (χ0n) is 21.2. The molecule has 4 rings (SSSR count). The number of fused-ring (bicyclic) bond motifs is 1. The standard InChI is InChI=1S/C27H32BFO6/c1-7-17-9-10-19(15-24(30)31-8-2)22(13-17)32-16-18-11-20-14-23(29)33-25(20)21(12-18)28-34-26(3,4)27(5,6)35-28/h9-14H,7-8,15-16H2,1-6H3. The Balaban J connectivity index is 1.64. The molecule has 0 atom stereocenters. The predicted molar refractivity (Wildman–Crippen MR) is 132 cm³/mol. The fourth-order valence-corrected chi connectivity index (χ4v) is 4.07. The average molecular weight is 482 g/mol. The van der Waals surface area contributed by atoms with Gasteiger partial charge in [0.05, 0.1) is 24.2 Å². The summed E-state index contributed by atoms with van der Waals surface area (Å²) >= 11 is 0. The first kappa shape index (κ1) is 25.3. The first-order chi connectivity index (χ1) is 16.5. The third-order valence-electron chi connectivity index (χ3n) is 6.76. The molecule has 0 unspecified atom stereocenters. The Morgan fingerprint density at radius 2 is 1.71 bits per heavy atom. The molecule has 1 fully saturated rings. The van der Waals surface area contributed by atoms with E-state index in [2.05, 4.69) is 6.92 Å². The lowest BCUT2D eigenvalue weighted by molar-refractivity contribution is -0.142. The maximum Gasteiger partial charge on any atom is 0.498 e. The van der Waals surface area contributed by atoms with Crippen LogP contribution in [0, 0.1) is 6.01 Å². The second kappa shape index (κ2) is 9.67. The molecule has 0 aliphatic carbocycles. The van der Waals surface area contributed by atoms with Gasteiger partial charge in [-0.15, -0.1) is 0 Å². The number of halogens is 1. The van der Waals surface area contributed by atoms with Crippen LogP contribution in [0.5, 0.6) is 5.75 Å². The fraction of sp³-hybridized carbons (Fsp3) is 0.444. The second-order valence-corrected chi connectivity index (χ2v) is 9.81. The Labute approximate surface area is 205 Å². The van der Waals surface area contributed by atoms with Crippen LogP contribution in [-0.2, 0) is 38.3 Å². The van der Waals surface area contributed by atoms with Crippen molar-refractivity contribution in [2.24, 2.45) is 0 Å². The lowest BCUT2D eigenvalue weighted by Crippen LogP contribution is -2.41. The van der Waals surface area contributed by atoms with Crippen molar-refractivity contribution < 1.29 is 32.4 Å². The molecule has 2 aromatic carbocycles. The summed E-state index contributed by atoms with van der Waals surface area (Å²) < 4.78 is 43.1. The van der Waals surface area contributed by atoms with Gasteiger partial charge in [-0.3, -0.25) is 4.79 Å². The molecule has 0 spiro atoms. The summed E-state index contributed by atoms with van der Waals surface area (Å²) in [5.74, 6) is 0.313. The van der Waals surface area contributed by atoms with E-state index in [-0.39, 0.29) is 19.0 Å². The first-order valence-corrected chi connectivity index (χ1v) is 12.0. The van der Waals surface area contributed by atoms with Crippen LogP contribution >= 0.6 is 0 Å². The molecular formula is C27H32BFO6. The highest BCUT2D eigenvalue weighted by molar-refractivity contribution is 6.64. The SMILES string of the molecule is CCOC(=O)Cc1ccc(CC)cc1OCc1cc(B2OC(C)(C)C(C)(C)O2)c2oc(F)cc2c1. The number of carbonyl (C=O) groups is 1. The number of esters is 1. The maximum absolute atomic E-state index is 14.1. The zero-order chi connectivity index (χ0) is 25.4. The van der Waals surface area contributed by atoms with Crippen LogP contribution in [0.25, 0.3) is 11.0 Å². The van der Waals surface area contributed by atoms with Crippen LogP contribution in [0.4, 0.5) is 4.39 Å². The van der Waals surface area contributed by atoms with Gasteiger partial charge in [0, 0.05) is 22.5 Å². The Morgan fingerprint density at radius 1 is 1.00 bits per heavy atom. The van der Waals surface area contributed by atoms with E-state index in [1.807, 2.05) is 58.0 Å². The van der Waals surface area contributed by atoms with Gasteiger partial charge < -0.3 is 23.2 Å². The molecule has 0 radical (unpaired) electrons. The summed E-state index contributed by atoms with van der Waals surface area (Å²) in [4.78, 5) is 12.1. The molecule has 0 N–H and O–H groups in total. The molecule has 0 saturated carbocycles. The van der Waals surface area contributed by atoms with E-state index < -0.39 is 24.3 Å². The molecular weight excluding hydrogens is 450 g/mol. The Hall–Kier alpha value is -2.84. The first-order valence-electron chi connectivity index (χ1n) is 12.0. The van der Waals surface area contributed by atoms with Crippen molar-refractivity contribution >= 4 is 29.5 Å². The van der Waals surface area contributed by atoms with E-state index in [4.69, 9.17) is 23.2 Å². The molecule has 1 aromatic heterocycles. The van der Waals surface area contributed by atoms with E-state index in [0.29, 0.717) is 28.8 Å². The van der Waals surface area contributed by atoms with E-state index in [1.54, 1.807) is 6.92 Å². The minimum Gasteiger partial charge on any atom is -0.489 e. The van der Waals surface area contributed by atoms with Gasteiger partial charge in [-0.05, 0) is 64.3 Å². The summed E-state index contributed by atoms with van der Waals surface area (Å²) in [6, 6.07) is 10.2. The minimum absolute atomic E-state index is 0.123. The highest BCUT2D eigenvalue weighted by atomic mass is 19.1. The summed E-state index contributed by atoms with van der Waals surface area (Å²) in [7, 11) is -0.712. The molecule has 8 heteroatoms. The van der Waals surface area contributed by atoms with Crippen LogP contribution in [0.2, 0.25) is 0 Å². The largest absolute Gasteiger partial charge is 0.498 e. The molecule has 1 aliphatic rings. The van der Waals surface area contributed by atoms with Crippen LogP contribution in [-0.4, -0.2) is 30.9 Å². The molecule has 6 nitrogen and oxygen atoms in total. The number of benzene rings is 2. The third kappa shape index (κ3) is 5.23. The van der Waals surface area contributed by atoms with Gasteiger partial charge in [-0.25, -0.2) is 0 Å².